The molecule has 1 saturated carbocycles. The molecule has 0 unspecified atom stereocenters. The highest BCUT2D eigenvalue weighted by molar-refractivity contribution is 7.99. The van der Waals surface area contributed by atoms with Crippen molar-refractivity contribution in [3.05, 3.63) is 34.8 Å². The molecule has 2 aromatic heterocycles. The SMILES string of the molecule is Clc1nccc(Sc2cnc(N3CCC4(CCCC4)CC3)cn2)c1Cl. The summed E-state index contributed by atoms with van der Waals surface area (Å²) in [6.07, 6.45) is 13.5. The van der Waals surface area contributed by atoms with Crippen molar-refractivity contribution >= 4 is 40.8 Å². The second kappa shape index (κ2) is 7.29. The Morgan fingerprint density at radius 3 is 2.40 bits per heavy atom. The van der Waals surface area contributed by atoms with Crippen LogP contribution in [-0.2, 0) is 0 Å². The summed E-state index contributed by atoms with van der Waals surface area (Å²) < 4.78 is 0. The molecule has 0 amide bonds. The lowest BCUT2D eigenvalue weighted by molar-refractivity contribution is 0.226. The van der Waals surface area contributed by atoms with E-state index in [4.69, 9.17) is 23.2 Å². The molecule has 1 aliphatic carbocycles. The number of halogens is 2. The van der Waals surface area contributed by atoms with Crippen LogP contribution >= 0.6 is 35.0 Å². The molecule has 1 saturated heterocycles. The molecule has 25 heavy (non-hydrogen) atoms. The molecule has 1 spiro atoms. The van der Waals surface area contributed by atoms with E-state index in [1.807, 2.05) is 18.5 Å². The molecule has 1 aliphatic heterocycles. The Morgan fingerprint density at radius 2 is 1.72 bits per heavy atom. The zero-order chi connectivity index (χ0) is 17.3. The van der Waals surface area contributed by atoms with Gasteiger partial charge in [0.1, 0.15) is 16.0 Å². The Bertz CT molecular complexity index is 737. The summed E-state index contributed by atoms with van der Waals surface area (Å²) in [5.41, 5.74) is 0.622. The summed E-state index contributed by atoms with van der Waals surface area (Å²) >= 11 is 13.6. The Balaban J connectivity index is 1.41. The van der Waals surface area contributed by atoms with Gasteiger partial charge in [-0.25, -0.2) is 15.0 Å². The van der Waals surface area contributed by atoms with Crippen LogP contribution in [0.2, 0.25) is 10.2 Å². The normalized spacial score (nSPS) is 19.5. The van der Waals surface area contributed by atoms with Gasteiger partial charge in [-0.1, -0.05) is 47.8 Å². The van der Waals surface area contributed by atoms with Gasteiger partial charge in [-0.15, -0.1) is 0 Å². The molecule has 132 valence electrons. The minimum Gasteiger partial charge on any atom is -0.355 e. The van der Waals surface area contributed by atoms with Crippen LogP contribution in [0.4, 0.5) is 5.82 Å². The highest BCUT2D eigenvalue weighted by Crippen LogP contribution is 2.46. The molecule has 4 nitrogen and oxygen atoms in total. The van der Waals surface area contributed by atoms with E-state index in [2.05, 4.69) is 19.9 Å². The van der Waals surface area contributed by atoms with E-state index in [9.17, 15) is 0 Å². The number of hydrogen-bond donors (Lipinski definition) is 0. The van der Waals surface area contributed by atoms with Crippen molar-refractivity contribution in [1.82, 2.24) is 15.0 Å². The van der Waals surface area contributed by atoms with Crippen LogP contribution in [0.15, 0.2) is 34.6 Å². The maximum Gasteiger partial charge on any atom is 0.148 e. The van der Waals surface area contributed by atoms with Crippen molar-refractivity contribution in [3.8, 4) is 0 Å². The summed E-state index contributed by atoms with van der Waals surface area (Å²) in [6.45, 7) is 2.18. The molecule has 3 heterocycles. The third-order valence-corrected chi connectivity index (χ3v) is 7.31. The van der Waals surface area contributed by atoms with E-state index in [0.29, 0.717) is 15.6 Å². The average Bonchev–Trinajstić information content (AvgIpc) is 3.09. The predicted octanol–water partition coefficient (Wildman–Crippen LogP) is 5.49. The van der Waals surface area contributed by atoms with Crippen LogP contribution in [0.3, 0.4) is 0 Å². The Kier molecular flexibility index (Phi) is 5.07. The van der Waals surface area contributed by atoms with Crippen molar-refractivity contribution in [1.29, 1.82) is 0 Å². The van der Waals surface area contributed by atoms with Gasteiger partial charge in [-0.05, 0) is 37.2 Å². The van der Waals surface area contributed by atoms with E-state index in [1.165, 1.54) is 50.3 Å². The van der Waals surface area contributed by atoms with Gasteiger partial charge in [0.15, 0.2) is 0 Å². The number of pyridine rings is 1. The lowest BCUT2D eigenvalue weighted by atomic mass is 9.77. The summed E-state index contributed by atoms with van der Waals surface area (Å²) in [5.74, 6) is 0.969. The predicted molar refractivity (Wildman–Crippen MR) is 103 cm³/mol. The van der Waals surface area contributed by atoms with Crippen LogP contribution in [0.5, 0.6) is 0 Å². The lowest BCUT2D eigenvalue weighted by Crippen LogP contribution is -2.39. The van der Waals surface area contributed by atoms with E-state index in [-0.39, 0.29) is 0 Å². The smallest absolute Gasteiger partial charge is 0.148 e. The first-order valence-electron chi connectivity index (χ1n) is 8.70. The van der Waals surface area contributed by atoms with Crippen molar-refractivity contribution in [3.63, 3.8) is 0 Å². The molecule has 4 rings (SSSR count). The van der Waals surface area contributed by atoms with Crippen LogP contribution in [0.1, 0.15) is 38.5 Å². The van der Waals surface area contributed by atoms with Gasteiger partial charge in [0.2, 0.25) is 0 Å². The third-order valence-electron chi connectivity index (χ3n) is 5.45. The van der Waals surface area contributed by atoms with Gasteiger partial charge in [-0.2, -0.15) is 0 Å². The highest BCUT2D eigenvalue weighted by atomic mass is 35.5. The lowest BCUT2D eigenvalue weighted by Gasteiger charge is -2.39. The molecule has 7 heteroatoms. The molecule has 0 N–H and O–H groups in total. The Labute approximate surface area is 162 Å². The van der Waals surface area contributed by atoms with Crippen LogP contribution < -0.4 is 4.90 Å². The molecular formula is C18H20Cl2N4S. The quantitative estimate of drug-likeness (QED) is 0.643. The Morgan fingerprint density at radius 1 is 0.960 bits per heavy atom. The van der Waals surface area contributed by atoms with Crippen LogP contribution in [0, 0.1) is 5.41 Å². The molecule has 0 atom stereocenters. The number of rotatable bonds is 3. The third kappa shape index (κ3) is 3.74. The second-order valence-electron chi connectivity index (χ2n) is 6.92. The standard InChI is InChI=1S/C18H20Cl2N4S/c19-16-13(3-8-21-17(16)20)25-15-12-22-14(11-23-15)24-9-6-18(7-10-24)4-1-2-5-18/h3,8,11-12H,1-2,4-7,9-10H2. The fourth-order valence-corrected chi connectivity index (χ4v) is 5.15. The fraction of sp³-hybridized carbons (Fsp3) is 0.500. The van der Waals surface area contributed by atoms with Crippen LogP contribution in [-0.4, -0.2) is 28.0 Å². The first-order chi connectivity index (χ1) is 12.2. The topological polar surface area (TPSA) is 41.9 Å². The summed E-state index contributed by atoms with van der Waals surface area (Å²) in [4.78, 5) is 16.3. The molecule has 0 radical (unpaired) electrons. The van der Waals surface area contributed by atoms with Gasteiger partial charge < -0.3 is 4.90 Å². The van der Waals surface area contributed by atoms with E-state index in [1.54, 1.807) is 6.20 Å². The number of anilines is 1. The van der Waals surface area contributed by atoms with E-state index in [0.717, 1.165) is 28.8 Å². The number of piperidine rings is 1. The second-order valence-corrected chi connectivity index (χ2v) is 8.72. The van der Waals surface area contributed by atoms with Gasteiger partial charge in [0.05, 0.1) is 17.4 Å². The largest absolute Gasteiger partial charge is 0.355 e. The average molecular weight is 395 g/mol. The van der Waals surface area contributed by atoms with Crippen molar-refractivity contribution < 1.29 is 0 Å². The minimum atomic E-state index is 0.311. The maximum absolute atomic E-state index is 6.18. The molecule has 0 aromatic carbocycles. The number of aromatic nitrogens is 3. The number of nitrogens with zero attached hydrogens (tertiary/aromatic N) is 4. The van der Waals surface area contributed by atoms with E-state index >= 15 is 0 Å². The summed E-state index contributed by atoms with van der Waals surface area (Å²) in [7, 11) is 0. The van der Waals surface area contributed by atoms with Gasteiger partial charge in [0.25, 0.3) is 0 Å². The first kappa shape index (κ1) is 17.4. The zero-order valence-electron chi connectivity index (χ0n) is 13.9. The maximum atomic E-state index is 6.18. The fourth-order valence-electron chi connectivity index (χ4n) is 3.95. The number of hydrogen-bond acceptors (Lipinski definition) is 5. The molecule has 0 bridgehead atoms. The van der Waals surface area contributed by atoms with Crippen molar-refractivity contribution in [2.24, 2.45) is 5.41 Å². The Hall–Kier alpha value is -1.04. The van der Waals surface area contributed by atoms with Crippen LogP contribution in [0.25, 0.3) is 0 Å². The highest BCUT2D eigenvalue weighted by Gasteiger charge is 2.37. The summed E-state index contributed by atoms with van der Waals surface area (Å²) in [6, 6.07) is 1.83. The van der Waals surface area contributed by atoms with Gasteiger partial charge >= 0.3 is 0 Å². The molecule has 2 aliphatic rings. The van der Waals surface area contributed by atoms with Crippen molar-refractivity contribution in [2.75, 3.05) is 18.0 Å². The van der Waals surface area contributed by atoms with E-state index < -0.39 is 0 Å². The van der Waals surface area contributed by atoms with Gasteiger partial charge in [-0.3, -0.25) is 0 Å². The summed E-state index contributed by atoms with van der Waals surface area (Å²) in [5, 5.41) is 1.57. The molecule has 2 fully saturated rings. The monoisotopic (exact) mass is 394 g/mol. The minimum absolute atomic E-state index is 0.311. The zero-order valence-corrected chi connectivity index (χ0v) is 16.2. The first-order valence-corrected chi connectivity index (χ1v) is 10.3. The van der Waals surface area contributed by atoms with Crippen molar-refractivity contribution in [2.45, 2.75) is 48.4 Å². The molecule has 2 aromatic rings. The van der Waals surface area contributed by atoms with Gasteiger partial charge in [0, 0.05) is 24.2 Å². The molecular weight excluding hydrogens is 375 g/mol.